The number of hydrogen-bond donors (Lipinski definition) is 1. The summed E-state index contributed by atoms with van der Waals surface area (Å²) >= 11 is 7.35. The Morgan fingerprint density at radius 2 is 1.66 bits per heavy atom. The van der Waals surface area contributed by atoms with Crippen molar-refractivity contribution in [1.29, 1.82) is 0 Å². The topological polar surface area (TPSA) is 99.9 Å². The predicted molar refractivity (Wildman–Crippen MR) is 149 cm³/mol. The Hall–Kier alpha value is -4.02. The molecule has 0 unspecified atom stereocenters. The Balaban J connectivity index is 1.51. The zero-order chi connectivity index (χ0) is 27.1. The van der Waals surface area contributed by atoms with Crippen molar-refractivity contribution in [1.82, 2.24) is 20.2 Å². The summed E-state index contributed by atoms with van der Waals surface area (Å²) in [6.45, 7) is 1.80. The van der Waals surface area contributed by atoms with Crippen molar-refractivity contribution >= 4 is 35.0 Å². The van der Waals surface area contributed by atoms with Crippen LogP contribution in [-0.4, -0.2) is 53.5 Å². The molecular weight excluding hydrogens is 526 g/mol. The molecule has 1 amide bonds. The third-order valence-electron chi connectivity index (χ3n) is 5.55. The zero-order valence-corrected chi connectivity index (χ0v) is 22.8. The molecule has 11 heteroatoms. The molecule has 4 aromatic rings. The first kappa shape index (κ1) is 27.0. The second-order valence-electron chi connectivity index (χ2n) is 7.94. The first-order chi connectivity index (χ1) is 18.4. The van der Waals surface area contributed by atoms with Crippen LogP contribution < -0.4 is 19.6 Å². The van der Waals surface area contributed by atoms with E-state index in [2.05, 4.69) is 20.7 Å². The van der Waals surface area contributed by atoms with Crippen molar-refractivity contribution in [3.8, 4) is 34.3 Å². The molecule has 0 aliphatic heterocycles. The maximum absolute atomic E-state index is 12.6. The molecule has 9 nitrogen and oxygen atoms in total. The van der Waals surface area contributed by atoms with Gasteiger partial charge in [0.15, 0.2) is 22.5 Å². The zero-order valence-electron chi connectivity index (χ0n) is 21.3. The minimum absolute atomic E-state index is 0.0804. The second-order valence-corrected chi connectivity index (χ2v) is 9.32. The number of methoxy groups -OCH3 is 3. The van der Waals surface area contributed by atoms with Gasteiger partial charge < -0.3 is 14.2 Å². The predicted octanol–water partition coefficient (Wildman–Crippen LogP) is 5.25. The van der Waals surface area contributed by atoms with Gasteiger partial charge in [-0.2, -0.15) is 5.10 Å². The summed E-state index contributed by atoms with van der Waals surface area (Å²) in [4.78, 5) is 12.6. The van der Waals surface area contributed by atoms with E-state index in [4.69, 9.17) is 25.8 Å². The van der Waals surface area contributed by atoms with Crippen LogP contribution in [0.4, 0.5) is 0 Å². The lowest BCUT2D eigenvalue weighted by Crippen LogP contribution is -2.21. The van der Waals surface area contributed by atoms with E-state index < -0.39 is 0 Å². The maximum Gasteiger partial charge on any atom is 0.250 e. The Morgan fingerprint density at radius 3 is 2.32 bits per heavy atom. The van der Waals surface area contributed by atoms with Crippen molar-refractivity contribution in [3.05, 3.63) is 77.3 Å². The molecule has 0 spiro atoms. The van der Waals surface area contributed by atoms with Crippen LogP contribution in [0.25, 0.3) is 17.1 Å². The quantitative estimate of drug-likeness (QED) is 0.163. The van der Waals surface area contributed by atoms with E-state index in [9.17, 15) is 4.79 Å². The average Bonchev–Trinajstić information content (AvgIpc) is 3.38. The second kappa shape index (κ2) is 12.5. The Labute approximate surface area is 229 Å². The number of amides is 1. The van der Waals surface area contributed by atoms with E-state index >= 15 is 0 Å². The lowest BCUT2D eigenvalue weighted by molar-refractivity contribution is -0.118. The van der Waals surface area contributed by atoms with Crippen molar-refractivity contribution in [2.75, 3.05) is 27.1 Å². The summed E-state index contributed by atoms with van der Waals surface area (Å²) in [6.07, 6.45) is 0. The van der Waals surface area contributed by atoms with Gasteiger partial charge in [0.25, 0.3) is 5.91 Å². The van der Waals surface area contributed by atoms with Crippen LogP contribution in [0.2, 0.25) is 5.02 Å². The van der Waals surface area contributed by atoms with E-state index in [1.807, 2.05) is 47.0 Å². The monoisotopic (exact) mass is 551 g/mol. The van der Waals surface area contributed by atoms with Crippen molar-refractivity contribution in [3.63, 3.8) is 0 Å². The normalized spacial score (nSPS) is 11.2. The molecule has 1 heterocycles. The highest BCUT2D eigenvalue weighted by Gasteiger charge is 2.18. The van der Waals surface area contributed by atoms with Gasteiger partial charge in [-0.25, -0.2) is 5.43 Å². The number of carbonyl (C=O) groups is 1. The number of benzene rings is 3. The van der Waals surface area contributed by atoms with E-state index in [0.29, 0.717) is 33.2 Å². The number of halogens is 1. The largest absolute Gasteiger partial charge is 0.497 e. The van der Waals surface area contributed by atoms with Gasteiger partial charge in [0.05, 0.1) is 32.8 Å². The van der Waals surface area contributed by atoms with Gasteiger partial charge >= 0.3 is 0 Å². The molecule has 196 valence electrons. The molecule has 1 N–H and O–H groups in total. The Kier molecular flexibility index (Phi) is 8.88. The summed E-state index contributed by atoms with van der Waals surface area (Å²) in [6, 6.07) is 20.3. The SMILES string of the molecule is COc1ccc(-c2nnc(SCC(=O)N/N=C(\C)c3ccc(OC)c(OC)c3)n2-c2ccc(Cl)cc2)cc1. The van der Waals surface area contributed by atoms with Gasteiger partial charge in [-0.15, -0.1) is 10.2 Å². The van der Waals surface area contributed by atoms with E-state index in [0.717, 1.165) is 22.6 Å². The van der Waals surface area contributed by atoms with Crippen LogP contribution in [0, 0.1) is 0 Å². The molecule has 1 aromatic heterocycles. The fourth-order valence-corrected chi connectivity index (χ4v) is 4.42. The summed E-state index contributed by atoms with van der Waals surface area (Å²) < 4.78 is 17.8. The Bertz CT molecular complexity index is 1440. The molecule has 0 aliphatic carbocycles. The highest BCUT2D eigenvalue weighted by atomic mass is 35.5. The fraction of sp³-hybridized carbons (Fsp3) is 0.185. The molecule has 0 aliphatic rings. The summed E-state index contributed by atoms with van der Waals surface area (Å²) in [5, 5.41) is 14.2. The number of nitrogens with one attached hydrogen (secondary N) is 1. The standard InChI is InChI=1S/C27H26ClN5O4S/c1-17(19-7-14-23(36-3)24(15-19)37-4)29-30-25(34)16-38-27-32-31-26(18-5-12-22(35-2)13-6-18)33(27)21-10-8-20(28)9-11-21/h5-15H,16H2,1-4H3,(H,30,34)/b29-17+. The van der Waals surface area contributed by atoms with Crippen molar-refractivity contribution in [2.24, 2.45) is 5.10 Å². The number of rotatable bonds is 10. The average molecular weight is 552 g/mol. The molecule has 4 rings (SSSR count). The smallest absolute Gasteiger partial charge is 0.250 e. The molecule has 0 saturated heterocycles. The Morgan fingerprint density at radius 1 is 0.947 bits per heavy atom. The van der Waals surface area contributed by atoms with Gasteiger partial charge in [-0.3, -0.25) is 9.36 Å². The lowest BCUT2D eigenvalue weighted by atomic mass is 10.1. The highest BCUT2D eigenvalue weighted by molar-refractivity contribution is 7.99. The van der Waals surface area contributed by atoms with Gasteiger partial charge in [0.2, 0.25) is 0 Å². The van der Waals surface area contributed by atoms with E-state index in [-0.39, 0.29) is 11.7 Å². The van der Waals surface area contributed by atoms with Gasteiger partial charge in [-0.05, 0) is 73.7 Å². The molecule has 3 aromatic carbocycles. The highest BCUT2D eigenvalue weighted by Crippen LogP contribution is 2.30. The number of ether oxygens (including phenoxy) is 3. The number of hydrogen-bond acceptors (Lipinski definition) is 8. The van der Waals surface area contributed by atoms with E-state index in [1.54, 1.807) is 52.5 Å². The van der Waals surface area contributed by atoms with Gasteiger partial charge in [0, 0.05) is 21.8 Å². The molecular formula is C27H26ClN5O4S. The van der Waals surface area contributed by atoms with Crippen molar-refractivity contribution in [2.45, 2.75) is 12.1 Å². The molecule has 0 saturated carbocycles. The van der Waals surface area contributed by atoms with Gasteiger partial charge in [0.1, 0.15) is 5.75 Å². The fourth-order valence-electron chi connectivity index (χ4n) is 3.55. The van der Waals surface area contributed by atoms with Crippen LogP contribution >= 0.6 is 23.4 Å². The minimum Gasteiger partial charge on any atom is -0.497 e. The van der Waals surface area contributed by atoms with Gasteiger partial charge in [-0.1, -0.05) is 23.4 Å². The number of hydrazone groups is 1. The molecule has 0 fully saturated rings. The number of aromatic nitrogens is 3. The first-order valence-electron chi connectivity index (χ1n) is 11.5. The third kappa shape index (κ3) is 6.27. The molecule has 0 atom stereocenters. The number of carbonyl (C=O) groups excluding carboxylic acids is 1. The number of nitrogens with zero attached hydrogens (tertiary/aromatic N) is 4. The third-order valence-corrected chi connectivity index (χ3v) is 6.73. The van der Waals surface area contributed by atoms with Crippen LogP contribution in [-0.2, 0) is 4.79 Å². The molecule has 38 heavy (non-hydrogen) atoms. The lowest BCUT2D eigenvalue weighted by Gasteiger charge is -2.11. The maximum atomic E-state index is 12.6. The summed E-state index contributed by atoms with van der Waals surface area (Å²) in [5.41, 5.74) is 5.68. The summed E-state index contributed by atoms with van der Waals surface area (Å²) in [5.74, 6) is 2.35. The van der Waals surface area contributed by atoms with E-state index in [1.165, 1.54) is 11.8 Å². The van der Waals surface area contributed by atoms with Crippen LogP contribution in [0.1, 0.15) is 12.5 Å². The first-order valence-corrected chi connectivity index (χ1v) is 12.8. The van der Waals surface area contributed by atoms with Crippen LogP contribution in [0.5, 0.6) is 17.2 Å². The van der Waals surface area contributed by atoms with Crippen LogP contribution in [0.15, 0.2) is 77.0 Å². The molecule has 0 bridgehead atoms. The number of thioether (sulfide) groups is 1. The van der Waals surface area contributed by atoms with Crippen LogP contribution in [0.3, 0.4) is 0 Å². The summed E-state index contributed by atoms with van der Waals surface area (Å²) in [7, 11) is 4.75. The molecule has 0 radical (unpaired) electrons. The van der Waals surface area contributed by atoms with Crippen molar-refractivity contribution < 1.29 is 19.0 Å². The minimum atomic E-state index is -0.286.